The van der Waals surface area contributed by atoms with Crippen LogP contribution < -0.4 is 11.1 Å². The number of alkyl halides is 6. The Kier molecular flexibility index (Phi) is 7.33. The van der Waals surface area contributed by atoms with E-state index in [1.54, 1.807) is 6.07 Å². The van der Waals surface area contributed by atoms with Crippen LogP contribution >= 0.6 is 0 Å². The van der Waals surface area contributed by atoms with Crippen molar-refractivity contribution in [3.05, 3.63) is 41.1 Å². The maximum atomic E-state index is 12.9. The number of hydrogen-bond acceptors (Lipinski definition) is 5. The van der Waals surface area contributed by atoms with E-state index in [2.05, 4.69) is 5.32 Å². The monoisotopic (exact) mass is 435 g/mol. The number of hydrogen-bond donors (Lipinski definition) is 2. The number of benzene rings is 1. The molecule has 1 aliphatic rings. The molecule has 0 atom stereocenters. The van der Waals surface area contributed by atoms with E-state index < -0.39 is 40.6 Å². The predicted octanol–water partition coefficient (Wildman–Crippen LogP) is 2.65. The van der Waals surface area contributed by atoms with Gasteiger partial charge >= 0.3 is 12.4 Å². The number of nitrogens with one attached hydrogen (secondary N) is 1. The average Bonchev–Trinajstić information content (AvgIpc) is 2.67. The summed E-state index contributed by atoms with van der Waals surface area (Å²) in [5.41, 5.74) is 1.47. The minimum Gasteiger partial charge on any atom is -0.360 e. The van der Waals surface area contributed by atoms with E-state index in [1.807, 2.05) is 4.90 Å². The minimum atomic E-state index is -5.00. The van der Waals surface area contributed by atoms with Crippen molar-refractivity contribution in [1.82, 2.24) is 9.80 Å². The summed E-state index contributed by atoms with van der Waals surface area (Å²) in [4.78, 5) is 15.9. The van der Waals surface area contributed by atoms with Crippen molar-refractivity contribution < 1.29 is 31.1 Å². The number of nitrogens with two attached hydrogens (primary N) is 1. The van der Waals surface area contributed by atoms with Gasteiger partial charge < -0.3 is 16.0 Å². The maximum Gasteiger partial charge on any atom is 0.416 e. The summed E-state index contributed by atoms with van der Waals surface area (Å²) in [5, 5.41) is 11.4. The van der Waals surface area contributed by atoms with E-state index in [-0.39, 0.29) is 6.07 Å². The smallest absolute Gasteiger partial charge is 0.360 e. The van der Waals surface area contributed by atoms with Crippen molar-refractivity contribution in [3.63, 3.8) is 0 Å². The van der Waals surface area contributed by atoms with Crippen LogP contribution in [0.5, 0.6) is 0 Å². The first-order valence-electron chi connectivity index (χ1n) is 8.83. The molecule has 2 rings (SSSR count). The molecule has 3 N–H and O–H groups in total. The molecule has 0 radical (unpaired) electrons. The number of carbonyl (C=O) groups is 1. The zero-order chi connectivity index (χ0) is 22.5. The number of amides is 1. The Morgan fingerprint density at radius 3 is 2.03 bits per heavy atom. The van der Waals surface area contributed by atoms with Gasteiger partial charge in [0.1, 0.15) is 11.6 Å². The van der Waals surface area contributed by atoms with Crippen molar-refractivity contribution in [1.29, 1.82) is 5.26 Å². The van der Waals surface area contributed by atoms with Crippen molar-refractivity contribution in [2.24, 2.45) is 5.73 Å². The zero-order valence-electron chi connectivity index (χ0n) is 15.6. The second kappa shape index (κ2) is 9.36. The number of piperazine rings is 1. The van der Waals surface area contributed by atoms with Crippen LogP contribution in [0.2, 0.25) is 0 Å². The number of nitrogens with zero attached hydrogens (tertiary/aromatic N) is 3. The topological polar surface area (TPSA) is 85.4 Å². The summed E-state index contributed by atoms with van der Waals surface area (Å²) >= 11 is 0. The molecule has 6 nitrogen and oxygen atoms in total. The number of halogens is 6. The van der Waals surface area contributed by atoms with Gasteiger partial charge in [0.25, 0.3) is 5.91 Å². The van der Waals surface area contributed by atoms with Crippen LogP contribution in [0.25, 0.3) is 0 Å². The second-order valence-electron chi connectivity index (χ2n) is 6.53. The lowest BCUT2D eigenvalue weighted by atomic mass is 10.1. The van der Waals surface area contributed by atoms with Gasteiger partial charge in [-0.05, 0) is 18.2 Å². The number of anilines is 1. The summed E-state index contributed by atoms with van der Waals surface area (Å²) in [5.74, 6) is -0.666. The molecule has 0 aliphatic carbocycles. The van der Waals surface area contributed by atoms with Crippen LogP contribution in [0.3, 0.4) is 0 Å². The average molecular weight is 435 g/mol. The van der Waals surface area contributed by atoms with Gasteiger partial charge in [0.15, 0.2) is 0 Å². The molecule has 0 saturated carbocycles. The molecule has 1 heterocycles. The minimum absolute atomic E-state index is 0.00786. The lowest BCUT2D eigenvalue weighted by Crippen LogP contribution is -2.50. The van der Waals surface area contributed by atoms with E-state index in [0.717, 1.165) is 6.20 Å². The Morgan fingerprint density at radius 2 is 1.60 bits per heavy atom. The maximum absolute atomic E-state index is 12.9. The number of rotatable bonds is 5. The Morgan fingerprint density at radius 1 is 1.07 bits per heavy atom. The highest BCUT2D eigenvalue weighted by Crippen LogP contribution is 2.37. The third-order valence-electron chi connectivity index (χ3n) is 4.43. The van der Waals surface area contributed by atoms with Gasteiger partial charge in [-0.15, -0.1) is 0 Å². The van der Waals surface area contributed by atoms with Crippen molar-refractivity contribution in [3.8, 4) is 6.07 Å². The lowest BCUT2D eigenvalue weighted by molar-refractivity contribution is -0.143. The molecular formula is C18H19F6N5O. The predicted molar refractivity (Wildman–Crippen MR) is 95.8 cm³/mol. The molecule has 1 fully saturated rings. The molecule has 1 aromatic carbocycles. The highest BCUT2D eigenvalue weighted by Gasteiger charge is 2.37. The molecule has 1 saturated heterocycles. The molecule has 12 heteroatoms. The zero-order valence-corrected chi connectivity index (χ0v) is 15.6. The van der Waals surface area contributed by atoms with E-state index >= 15 is 0 Å². The molecule has 0 unspecified atom stereocenters. The Bertz CT molecular complexity index is 803. The van der Waals surface area contributed by atoms with Crippen LogP contribution in [-0.4, -0.2) is 55.0 Å². The van der Waals surface area contributed by atoms with Gasteiger partial charge in [-0.1, -0.05) is 0 Å². The summed E-state index contributed by atoms with van der Waals surface area (Å²) < 4.78 is 77.5. The van der Waals surface area contributed by atoms with Crippen molar-refractivity contribution in [2.75, 3.05) is 44.6 Å². The van der Waals surface area contributed by atoms with Gasteiger partial charge in [0.2, 0.25) is 0 Å². The van der Waals surface area contributed by atoms with Crippen LogP contribution in [0.4, 0.5) is 32.0 Å². The molecule has 1 amide bonds. The highest BCUT2D eigenvalue weighted by atomic mass is 19.4. The fraction of sp³-hybridized carbons (Fsp3) is 0.444. The molecule has 0 bridgehead atoms. The Labute approximate surface area is 168 Å². The van der Waals surface area contributed by atoms with Crippen LogP contribution in [0.1, 0.15) is 11.1 Å². The summed E-state index contributed by atoms with van der Waals surface area (Å²) in [6, 6.07) is 2.56. The van der Waals surface area contributed by atoms with Crippen molar-refractivity contribution in [2.45, 2.75) is 12.4 Å². The molecule has 30 heavy (non-hydrogen) atoms. The van der Waals surface area contributed by atoms with E-state index in [9.17, 15) is 36.4 Å². The Balaban J connectivity index is 2.20. The third kappa shape index (κ3) is 6.11. The Hall–Kier alpha value is -2.78. The third-order valence-corrected chi connectivity index (χ3v) is 4.43. The van der Waals surface area contributed by atoms with Gasteiger partial charge in [0.05, 0.1) is 11.1 Å². The molecule has 0 spiro atoms. The summed E-state index contributed by atoms with van der Waals surface area (Å²) in [6.07, 6.45) is -9.19. The largest absolute Gasteiger partial charge is 0.416 e. The first-order chi connectivity index (χ1) is 14.0. The molecular weight excluding hydrogens is 416 g/mol. The first kappa shape index (κ1) is 23.5. The number of nitriles is 1. The van der Waals surface area contributed by atoms with Crippen LogP contribution in [-0.2, 0) is 17.1 Å². The molecule has 1 aromatic rings. The van der Waals surface area contributed by atoms with Gasteiger partial charge in [-0.2, -0.15) is 31.6 Å². The van der Waals surface area contributed by atoms with E-state index in [4.69, 9.17) is 5.73 Å². The van der Waals surface area contributed by atoms with Gasteiger partial charge in [-0.3, -0.25) is 9.69 Å². The second-order valence-corrected chi connectivity index (χ2v) is 6.53. The first-order valence-corrected chi connectivity index (χ1v) is 8.83. The molecule has 0 aromatic heterocycles. The van der Waals surface area contributed by atoms with E-state index in [0.29, 0.717) is 51.4 Å². The molecule has 1 aliphatic heterocycles. The summed E-state index contributed by atoms with van der Waals surface area (Å²) in [6.45, 7) is 2.83. The lowest BCUT2D eigenvalue weighted by Gasteiger charge is -2.34. The summed E-state index contributed by atoms with van der Waals surface area (Å²) in [7, 11) is 0. The quantitative estimate of drug-likeness (QED) is 0.422. The van der Waals surface area contributed by atoms with Crippen molar-refractivity contribution >= 4 is 11.6 Å². The number of carbonyl (C=O) groups excluding carboxylic acids is 1. The normalized spacial score (nSPS) is 16.3. The van der Waals surface area contributed by atoms with Gasteiger partial charge in [-0.25, -0.2) is 0 Å². The van der Waals surface area contributed by atoms with Gasteiger partial charge in [0, 0.05) is 51.2 Å². The molecule has 164 valence electrons. The fourth-order valence-electron chi connectivity index (χ4n) is 2.86. The van der Waals surface area contributed by atoms with Crippen LogP contribution in [0, 0.1) is 11.3 Å². The standard InChI is InChI=1S/C18H19F6N5O/c19-17(20,21)13-7-14(18(22,23)24)9-15(8-13)27-11-12(10-26)16(30)29-5-3-28(2-1-25)4-6-29/h7-9,11,27H,1-6,25H2/b12-11-. The van der Waals surface area contributed by atoms with Crippen LogP contribution in [0.15, 0.2) is 30.0 Å². The fourth-order valence-corrected chi connectivity index (χ4v) is 2.86. The highest BCUT2D eigenvalue weighted by molar-refractivity contribution is 5.97. The SMILES string of the molecule is N#C/C(=C/Nc1cc(C(F)(F)F)cc(C(F)(F)F)c1)C(=O)N1CCN(CCN)CC1. The van der Waals surface area contributed by atoms with E-state index in [1.165, 1.54) is 4.90 Å².